The van der Waals surface area contributed by atoms with Gasteiger partial charge < -0.3 is 28.7 Å². The third kappa shape index (κ3) is 9.00. The van der Waals surface area contributed by atoms with Crippen LogP contribution in [0.15, 0.2) is 103 Å². The Morgan fingerprint density at radius 1 is 0.619 bits per heavy atom. The molecule has 1 aliphatic rings. The van der Waals surface area contributed by atoms with Gasteiger partial charge in [0.05, 0.1) is 33.5 Å². The molecule has 0 spiro atoms. The van der Waals surface area contributed by atoms with Gasteiger partial charge in [0.2, 0.25) is 0 Å². The maximum atomic E-state index is 5.95. The minimum absolute atomic E-state index is 0.495. The first kappa shape index (κ1) is 29.5. The number of rotatable bonds is 16. The SMILES string of the molecule is COc1cccc(CN(Cc2cccc(N3CCCC3)c2)c2ccc(OCCOCCOCc3ccccc3)cc2)c1. The Kier molecular flexibility index (Phi) is 11.1. The monoisotopic (exact) mass is 566 g/mol. The summed E-state index contributed by atoms with van der Waals surface area (Å²) in [5, 5.41) is 0. The third-order valence-corrected chi connectivity index (χ3v) is 7.44. The summed E-state index contributed by atoms with van der Waals surface area (Å²) in [6.07, 6.45) is 2.55. The van der Waals surface area contributed by atoms with E-state index in [9.17, 15) is 0 Å². The molecule has 0 saturated carbocycles. The van der Waals surface area contributed by atoms with Gasteiger partial charge in [-0.15, -0.1) is 0 Å². The predicted octanol–water partition coefficient (Wildman–Crippen LogP) is 7.11. The second kappa shape index (κ2) is 15.9. The minimum atomic E-state index is 0.495. The number of anilines is 2. The minimum Gasteiger partial charge on any atom is -0.497 e. The predicted molar refractivity (Wildman–Crippen MR) is 170 cm³/mol. The fourth-order valence-electron chi connectivity index (χ4n) is 5.23. The molecular formula is C36H42N2O4. The van der Waals surface area contributed by atoms with Gasteiger partial charge in [0.1, 0.15) is 18.1 Å². The van der Waals surface area contributed by atoms with Crippen LogP contribution in [0.4, 0.5) is 11.4 Å². The third-order valence-electron chi connectivity index (χ3n) is 7.44. The molecule has 0 unspecified atom stereocenters. The van der Waals surface area contributed by atoms with Gasteiger partial charge in [-0.1, -0.05) is 54.6 Å². The van der Waals surface area contributed by atoms with Crippen LogP contribution in [0.25, 0.3) is 0 Å². The van der Waals surface area contributed by atoms with Gasteiger partial charge in [0.25, 0.3) is 0 Å². The van der Waals surface area contributed by atoms with Crippen molar-refractivity contribution in [3.63, 3.8) is 0 Å². The van der Waals surface area contributed by atoms with Crippen molar-refractivity contribution in [1.82, 2.24) is 0 Å². The van der Waals surface area contributed by atoms with Crippen molar-refractivity contribution in [2.45, 2.75) is 32.5 Å². The van der Waals surface area contributed by atoms with Gasteiger partial charge in [-0.3, -0.25) is 0 Å². The summed E-state index contributed by atoms with van der Waals surface area (Å²) >= 11 is 0. The summed E-state index contributed by atoms with van der Waals surface area (Å²) in [4.78, 5) is 4.89. The number of ether oxygens (including phenoxy) is 4. The Balaban J connectivity index is 1.14. The highest BCUT2D eigenvalue weighted by molar-refractivity contribution is 5.53. The lowest BCUT2D eigenvalue weighted by atomic mass is 10.1. The van der Waals surface area contributed by atoms with E-state index in [4.69, 9.17) is 18.9 Å². The van der Waals surface area contributed by atoms with Crippen LogP contribution in [0.1, 0.15) is 29.5 Å². The van der Waals surface area contributed by atoms with Crippen molar-refractivity contribution in [3.8, 4) is 11.5 Å². The first-order valence-electron chi connectivity index (χ1n) is 14.9. The molecule has 1 fully saturated rings. The molecule has 5 rings (SSSR count). The van der Waals surface area contributed by atoms with Gasteiger partial charge in [-0.05, 0) is 78.1 Å². The molecule has 42 heavy (non-hydrogen) atoms. The van der Waals surface area contributed by atoms with Gasteiger partial charge in [0.15, 0.2) is 0 Å². The lowest BCUT2D eigenvalue weighted by Crippen LogP contribution is -2.23. The van der Waals surface area contributed by atoms with E-state index in [2.05, 4.69) is 76.5 Å². The Morgan fingerprint density at radius 2 is 1.29 bits per heavy atom. The van der Waals surface area contributed by atoms with Crippen LogP contribution < -0.4 is 19.3 Å². The van der Waals surface area contributed by atoms with Crippen molar-refractivity contribution < 1.29 is 18.9 Å². The molecule has 4 aromatic carbocycles. The zero-order valence-electron chi connectivity index (χ0n) is 24.6. The second-order valence-corrected chi connectivity index (χ2v) is 10.6. The van der Waals surface area contributed by atoms with Crippen molar-refractivity contribution >= 4 is 11.4 Å². The topological polar surface area (TPSA) is 43.4 Å². The molecule has 4 aromatic rings. The molecule has 6 heteroatoms. The van der Waals surface area contributed by atoms with Crippen LogP contribution in [-0.2, 0) is 29.2 Å². The highest BCUT2D eigenvalue weighted by atomic mass is 16.5. The van der Waals surface area contributed by atoms with E-state index in [1.54, 1.807) is 7.11 Å². The van der Waals surface area contributed by atoms with Gasteiger partial charge in [-0.25, -0.2) is 0 Å². The Bertz CT molecular complexity index is 1340. The van der Waals surface area contributed by atoms with Crippen LogP contribution in [0, 0.1) is 0 Å². The molecule has 0 bridgehead atoms. The molecule has 1 heterocycles. The Morgan fingerprint density at radius 3 is 2.05 bits per heavy atom. The van der Waals surface area contributed by atoms with Crippen LogP contribution in [-0.4, -0.2) is 46.6 Å². The number of hydrogen-bond acceptors (Lipinski definition) is 6. The van der Waals surface area contributed by atoms with E-state index in [1.165, 1.54) is 35.2 Å². The fraction of sp³-hybridized carbons (Fsp3) is 0.333. The van der Waals surface area contributed by atoms with Crippen LogP contribution in [0.5, 0.6) is 11.5 Å². The van der Waals surface area contributed by atoms with Gasteiger partial charge >= 0.3 is 0 Å². The molecule has 0 atom stereocenters. The molecule has 0 N–H and O–H groups in total. The number of benzene rings is 4. The first-order chi connectivity index (χ1) is 20.8. The lowest BCUT2D eigenvalue weighted by molar-refractivity contribution is 0.0303. The van der Waals surface area contributed by atoms with E-state index in [-0.39, 0.29) is 0 Å². The van der Waals surface area contributed by atoms with Crippen molar-refractivity contribution in [2.75, 3.05) is 56.4 Å². The molecular weight excluding hydrogens is 524 g/mol. The molecule has 0 aliphatic carbocycles. The molecule has 0 radical (unpaired) electrons. The summed E-state index contributed by atoms with van der Waals surface area (Å²) < 4.78 is 22.8. The number of methoxy groups -OCH3 is 1. The summed E-state index contributed by atoms with van der Waals surface area (Å²) in [7, 11) is 1.71. The van der Waals surface area contributed by atoms with Crippen LogP contribution in [0.2, 0.25) is 0 Å². The lowest BCUT2D eigenvalue weighted by Gasteiger charge is -2.26. The van der Waals surface area contributed by atoms with Crippen LogP contribution in [0.3, 0.4) is 0 Å². The van der Waals surface area contributed by atoms with Crippen molar-refractivity contribution in [3.05, 3.63) is 120 Å². The number of nitrogens with zero attached hydrogens (tertiary/aromatic N) is 2. The average Bonchev–Trinajstić information content (AvgIpc) is 3.59. The van der Waals surface area contributed by atoms with Crippen LogP contribution >= 0.6 is 0 Å². The van der Waals surface area contributed by atoms with Gasteiger partial charge in [-0.2, -0.15) is 0 Å². The zero-order chi connectivity index (χ0) is 28.8. The largest absolute Gasteiger partial charge is 0.497 e. The molecule has 0 amide bonds. The fourth-order valence-corrected chi connectivity index (χ4v) is 5.23. The quantitative estimate of drug-likeness (QED) is 0.135. The Labute approximate surface area is 250 Å². The first-order valence-corrected chi connectivity index (χ1v) is 14.9. The summed E-state index contributed by atoms with van der Waals surface area (Å²) in [5.41, 5.74) is 6.13. The van der Waals surface area contributed by atoms with E-state index in [0.717, 1.165) is 43.4 Å². The molecule has 1 aliphatic heterocycles. The highest BCUT2D eigenvalue weighted by Gasteiger charge is 2.14. The molecule has 220 valence electrons. The number of hydrogen-bond donors (Lipinski definition) is 0. The maximum absolute atomic E-state index is 5.95. The smallest absolute Gasteiger partial charge is 0.119 e. The van der Waals surface area contributed by atoms with Crippen molar-refractivity contribution in [1.29, 1.82) is 0 Å². The normalized spacial score (nSPS) is 12.8. The summed E-state index contributed by atoms with van der Waals surface area (Å²) in [5.74, 6) is 1.71. The zero-order valence-corrected chi connectivity index (χ0v) is 24.6. The van der Waals surface area contributed by atoms with E-state index in [0.29, 0.717) is 33.0 Å². The van der Waals surface area contributed by atoms with Crippen molar-refractivity contribution in [2.24, 2.45) is 0 Å². The van der Waals surface area contributed by atoms with E-state index < -0.39 is 0 Å². The molecule has 1 saturated heterocycles. The molecule has 0 aromatic heterocycles. The Hall–Kier alpha value is -4.00. The van der Waals surface area contributed by atoms with E-state index in [1.807, 2.05) is 36.4 Å². The second-order valence-electron chi connectivity index (χ2n) is 10.6. The summed E-state index contributed by atoms with van der Waals surface area (Å²) in [6, 6.07) is 35.8. The van der Waals surface area contributed by atoms with E-state index >= 15 is 0 Å². The highest BCUT2D eigenvalue weighted by Crippen LogP contribution is 2.27. The standard InChI is InChI=1S/C36H42N2O4/c1-39-36-14-8-12-32(26-36)28-38(27-31-11-7-13-34(25-31)37-19-5-6-20-37)33-15-17-35(18-16-33)42-24-23-40-21-22-41-29-30-9-3-2-4-10-30/h2-4,7-18,25-26H,5-6,19-24,27-29H2,1H3. The maximum Gasteiger partial charge on any atom is 0.119 e. The van der Waals surface area contributed by atoms with Gasteiger partial charge in [0, 0.05) is 37.6 Å². The average molecular weight is 567 g/mol. The molecule has 6 nitrogen and oxygen atoms in total. The summed E-state index contributed by atoms with van der Waals surface area (Å²) in [6.45, 7) is 6.59.